The predicted molar refractivity (Wildman–Crippen MR) is 113 cm³/mol. The Balaban J connectivity index is 1.65. The summed E-state index contributed by atoms with van der Waals surface area (Å²) < 4.78 is 10.5. The molecule has 0 radical (unpaired) electrons. The van der Waals surface area contributed by atoms with Crippen LogP contribution in [0.1, 0.15) is 30.8 Å². The number of amides is 2. The highest BCUT2D eigenvalue weighted by molar-refractivity contribution is 6.32. The van der Waals surface area contributed by atoms with E-state index < -0.39 is 6.03 Å². The first-order valence-corrected chi connectivity index (χ1v) is 9.94. The molecule has 1 saturated heterocycles. The summed E-state index contributed by atoms with van der Waals surface area (Å²) in [5.41, 5.74) is 1.32. The number of hydrogen-bond donors (Lipinski definition) is 2. The van der Waals surface area contributed by atoms with E-state index in [2.05, 4.69) is 25.5 Å². The number of hydrogen-bond acceptors (Lipinski definition) is 6. The second kappa shape index (κ2) is 9.65. The van der Waals surface area contributed by atoms with Gasteiger partial charge in [0, 0.05) is 30.9 Å². The van der Waals surface area contributed by atoms with Crippen molar-refractivity contribution in [3.8, 4) is 11.5 Å². The van der Waals surface area contributed by atoms with Gasteiger partial charge in [0.15, 0.2) is 0 Å². The molecule has 2 heterocycles. The van der Waals surface area contributed by atoms with Crippen molar-refractivity contribution in [1.29, 1.82) is 0 Å². The Kier molecular flexibility index (Phi) is 6.98. The number of methoxy groups -OCH3 is 2. The molecule has 8 nitrogen and oxygen atoms in total. The number of aryl methyl sites for hydroxylation is 1. The summed E-state index contributed by atoms with van der Waals surface area (Å²) in [6.45, 7) is 4.15. The minimum atomic E-state index is -0.408. The van der Waals surface area contributed by atoms with Gasteiger partial charge in [0.25, 0.3) is 0 Å². The third-order valence-corrected chi connectivity index (χ3v) is 4.99. The van der Waals surface area contributed by atoms with Gasteiger partial charge in [-0.2, -0.15) is 0 Å². The highest BCUT2D eigenvalue weighted by Gasteiger charge is 2.15. The molecule has 0 spiro atoms. The smallest absolute Gasteiger partial charge is 0.319 e. The van der Waals surface area contributed by atoms with Crippen molar-refractivity contribution in [3.05, 3.63) is 34.7 Å². The van der Waals surface area contributed by atoms with Crippen LogP contribution in [0.25, 0.3) is 0 Å². The first-order valence-electron chi connectivity index (χ1n) is 9.56. The van der Waals surface area contributed by atoms with E-state index in [1.807, 2.05) is 13.0 Å². The standard InChI is InChI=1S/C20H26ClN5O3/c1-13-9-19(26-7-5-4-6-8-26)25-18(23-13)12-22-20(27)24-15-10-14(21)16(28-2)11-17(15)29-3/h9-11H,4-8,12H2,1-3H3,(H2,22,24,27). The van der Waals surface area contributed by atoms with Crippen LogP contribution in [0.3, 0.4) is 0 Å². The zero-order chi connectivity index (χ0) is 20.8. The lowest BCUT2D eigenvalue weighted by molar-refractivity contribution is 0.251. The molecule has 0 bridgehead atoms. The zero-order valence-corrected chi connectivity index (χ0v) is 17.7. The molecule has 29 heavy (non-hydrogen) atoms. The van der Waals surface area contributed by atoms with Gasteiger partial charge in [0.2, 0.25) is 0 Å². The topological polar surface area (TPSA) is 88.6 Å². The number of urea groups is 1. The van der Waals surface area contributed by atoms with Gasteiger partial charge in [-0.3, -0.25) is 0 Å². The molecule has 1 aromatic carbocycles. The van der Waals surface area contributed by atoms with Crippen LogP contribution >= 0.6 is 11.6 Å². The van der Waals surface area contributed by atoms with E-state index in [0.717, 1.165) is 24.6 Å². The molecule has 2 N–H and O–H groups in total. The lowest BCUT2D eigenvalue weighted by atomic mass is 10.1. The summed E-state index contributed by atoms with van der Waals surface area (Å²) in [4.78, 5) is 23.7. The molecular formula is C20H26ClN5O3. The molecular weight excluding hydrogens is 394 g/mol. The first kappa shape index (κ1) is 21.0. The van der Waals surface area contributed by atoms with Crippen molar-refractivity contribution in [2.24, 2.45) is 0 Å². The summed E-state index contributed by atoms with van der Waals surface area (Å²) in [6, 6.07) is 4.77. The fourth-order valence-electron chi connectivity index (χ4n) is 3.26. The third-order valence-electron chi connectivity index (χ3n) is 4.70. The SMILES string of the molecule is COc1cc(OC)c(NC(=O)NCc2nc(C)cc(N3CCCCC3)n2)cc1Cl. The predicted octanol–water partition coefficient (Wildman–Crippen LogP) is 3.77. The first-order chi connectivity index (χ1) is 14.0. The van der Waals surface area contributed by atoms with Crippen LogP contribution in [0.2, 0.25) is 5.02 Å². The normalized spacial score (nSPS) is 13.7. The quantitative estimate of drug-likeness (QED) is 0.740. The monoisotopic (exact) mass is 419 g/mol. The van der Waals surface area contributed by atoms with Gasteiger partial charge in [-0.15, -0.1) is 0 Å². The zero-order valence-electron chi connectivity index (χ0n) is 16.9. The Morgan fingerprint density at radius 3 is 2.52 bits per heavy atom. The van der Waals surface area contributed by atoms with Crippen molar-refractivity contribution in [2.75, 3.05) is 37.5 Å². The van der Waals surface area contributed by atoms with Crippen molar-refractivity contribution in [1.82, 2.24) is 15.3 Å². The molecule has 0 atom stereocenters. The average Bonchev–Trinajstić information content (AvgIpc) is 2.73. The number of carbonyl (C=O) groups is 1. The van der Waals surface area contributed by atoms with E-state index in [-0.39, 0.29) is 6.54 Å². The highest BCUT2D eigenvalue weighted by atomic mass is 35.5. The maximum Gasteiger partial charge on any atom is 0.319 e. The molecule has 3 rings (SSSR count). The number of nitrogens with one attached hydrogen (secondary N) is 2. The molecule has 9 heteroatoms. The molecule has 1 aliphatic heterocycles. The van der Waals surface area contributed by atoms with Gasteiger partial charge in [-0.1, -0.05) is 11.6 Å². The van der Waals surface area contributed by atoms with Gasteiger partial charge in [0.05, 0.1) is 31.5 Å². The Labute approximate surface area is 175 Å². The van der Waals surface area contributed by atoms with E-state index in [1.54, 1.807) is 12.1 Å². The number of rotatable bonds is 6. The maximum atomic E-state index is 12.4. The van der Waals surface area contributed by atoms with Gasteiger partial charge >= 0.3 is 6.03 Å². The van der Waals surface area contributed by atoms with E-state index in [9.17, 15) is 4.79 Å². The summed E-state index contributed by atoms with van der Waals surface area (Å²) in [6.07, 6.45) is 3.60. The number of anilines is 2. The van der Waals surface area contributed by atoms with Crippen LogP contribution in [-0.2, 0) is 6.54 Å². The second-order valence-corrected chi connectivity index (χ2v) is 7.23. The fourth-order valence-corrected chi connectivity index (χ4v) is 3.50. The number of benzene rings is 1. The van der Waals surface area contributed by atoms with E-state index >= 15 is 0 Å². The van der Waals surface area contributed by atoms with Gasteiger partial charge in [-0.25, -0.2) is 14.8 Å². The van der Waals surface area contributed by atoms with Crippen LogP contribution in [0, 0.1) is 6.92 Å². The molecule has 2 aromatic rings. The summed E-state index contributed by atoms with van der Waals surface area (Å²) in [5, 5.41) is 5.89. The van der Waals surface area contributed by atoms with Crippen LogP contribution < -0.4 is 25.0 Å². The van der Waals surface area contributed by atoms with E-state index in [1.165, 1.54) is 33.5 Å². The number of halogens is 1. The average molecular weight is 420 g/mol. The highest BCUT2D eigenvalue weighted by Crippen LogP contribution is 2.35. The van der Waals surface area contributed by atoms with Crippen LogP contribution in [-0.4, -0.2) is 43.3 Å². The Morgan fingerprint density at radius 2 is 1.83 bits per heavy atom. The van der Waals surface area contributed by atoms with Crippen molar-refractivity contribution >= 4 is 29.1 Å². The fraction of sp³-hybridized carbons (Fsp3) is 0.450. The lowest BCUT2D eigenvalue weighted by Crippen LogP contribution is -2.32. The lowest BCUT2D eigenvalue weighted by Gasteiger charge is -2.28. The van der Waals surface area contributed by atoms with Gasteiger partial charge in [0.1, 0.15) is 23.1 Å². The van der Waals surface area contributed by atoms with Gasteiger partial charge < -0.3 is 25.0 Å². The molecule has 0 saturated carbocycles. The number of aromatic nitrogens is 2. The molecule has 0 aliphatic carbocycles. The number of piperidine rings is 1. The summed E-state index contributed by atoms with van der Waals surface area (Å²) in [7, 11) is 3.02. The van der Waals surface area contributed by atoms with Crippen molar-refractivity contribution in [2.45, 2.75) is 32.7 Å². The molecule has 1 aromatic heterocycles. The Hall–Kier alpha value is -2.74. The maximum absolute atomic E-state index is 12.4. The van der Waals surface area contributed by atoms with Gasteiger partial charge in [-0.05, 0) is 32.3 Å². The van der Waals surface area contributed by atoms with Crippen molar-refractivity contribution in [3.63, 3.8) is 0 Å². The molecule has 156 valence electrons. The minimum absolute atomic E-state index is 0.209. The van der Waals surface area contributed by atoms with Crippen LogP contribution in [0.4, 0.5) is 16.3 Å². The van der Waals surface area contributed by atoms with Crippen LogP contribution in [0.5, 0.6) is 11.5 Å². The Bertz CT molecular complexity index is 871. The molecule has 1 aliphatic rings. The van der Waals surface area contributed by atoms with E-state index in [0.29, 0.717) is 28.0 Å². The van der Waals surface area contributed by atoms with E-state index in [4.69, 9.17) is 21.1 Å². The molecule has 0 unspecified atom stereocenters. The Morgan fingerprint density at radius 1 is 1.10 bits per heavy atom. The summed E-state index contributed by atoms with van der Waals surface area (Å²) in [5.74, 6) is 2.40. The number of ether oxygens (including phenoxy) is 2. The third kappa shape index (κ3) is 5.41. The van der Waals surface area contributed by atoms with Crippen molar-refractivity contribution < 1.29 is 14.3 Å². The molecule has 2 amide bonds. The largest absolute Gasteiger partial charge is 0.495 e. The molecule has 1 fully saturated rings. The number of nitrogens with zero attached hydrogens (tertiary/aromatic N) is 3. The van der Waals surface area contributed by atoms with Crippen LogP contribution in [0.15, 0.2) is 18.2 Å². The minimum Gasteiger partial charge on any atom is -0.495 e. The second-order valence-electron chi connectivity index (χ2n) is 6.83. The number of carbonyl (C=O) groups excluding carboxylic acids is 1. The summed E-state index contributed by atoms with van der Waals surface area (Å²) >= 11 is 6.15.